The summed E-state index contributed by atoms with van der Waals surface area (Å²) in [7, 11) is -3.31. The number of nitrogens with zero attached hydrogens (tertiary/aromatic N) is 4. The van der Waals surface area contributed by atoms with Gasteiger partial charge in [0.05, 0.1) is 34.3 Å². The van der Waals surface area contributed by atoms with Gasteiger partial charge in [0.25, 0.3) is 0 Å². The Morgan fingerprint density at radius 2 is 1.85 bits per heavy atom. The highest BCUT2D eigenvalue weighted by molar-refractivity contribution is 7.92. The number of ether oxygens (including phenoxy) is 1. The Labute approximate surface area is 233 Å². The monoisotopic (exact) mass is 554 g/mol. The van der Waals surface area contributed by atoms with E-state index in [0.717, 1.165) is 11.1 Å². The highest BCUT2D eigenvalue weighted by Crippen LogP contribution is 2.33. The van der Waals surface area contributed by atoms with Crippen LogP contribution in [0.4, 0.5) is 5.69 Å². The van der Waals surface area contributed by atoms with Crippen LogP contribution < -0.4 is 10.1 Å². The van der Waals surface area contributed by atoms with Gasteiger partial charge in [-0.2, -0.15) is 5.10 Å². The van der Waals surface area contributed by atoms with Crippen molar-refractivity contribution in [3.8, 4) is 11.5 Å². The molecule has 0 aliphatic carbocycles. The average Bonchev–Trinajstić information content (AvgIpc) is 3.39. The molecule has 3 aromatic heterocycles. The second kappa shape index (κ2) is 10.5. The van der Waals surface area contributed by atoms with E-state index in [1.54, 1.807) is 54.9 Å². The third-order valence-electron chi connectivity index (χ3n) is 6.31. The van der Waals surface area contributed by atoms with E-state index in [9.17, 15) is 9.00 Å². The van der Waals surface area contributed by atoms with E-state index in [4.69, 9.17) is 9.52 Å². The van der Waals surface area contributed by atoms with Crippen LogP contribution in [0.5, 0.6) is 11.5 Å². The van der Waals surface area contributed by atoms with Crippen LogP contribution >= 0.6 is 0 Å². The molecule has 3 heterocycles. The molecule has 0 unspecified atom stereocenters. The van der Waals surface area contributed by atoms with Gasteiger partial charge in [0.15, 0.2) is 0 Å². The third-order valence-corrected chi connectivity index (χ3v) is 8.06. The van der Waals surface area contributed by atoms with Crippen LogP contribution in [-0.2, 0) is 26.5 Å². The molecule has 5 rings (SSSR count). The van der Waals surface area contributed by atoms with Crippen LogP contribution in [0.15, 0.2) is 95.4 Å². The predicted molar refractivity (Wildman–Crippen MR) is 154 cm³/mol. The molecule has 0 aliphatic rings. The normalized spacial score (nSPS) is 13.1. The van der Waals surface area contributed by atoms with Crippen LogP contribution in [-0.4, -0.2) is 29.9 Å². The van der Waals surface area contributed by atoms with Crippen molar-refractivity contribution in [1.29, 1.82) is 4.78 Å². The number of aryl methyl sites for hydroxylation is 1. The van der Waals surface area contributed by atoms with Crippen molar-refractivity contribution in [3.05, 3.63) is 96.6 Å². The molecule has 1 atom stereocenters. The molecule has 204 valence electrons. The lowest BCUT2D eigenvalue weighted by Gasteiger charge is -2.18. The lowest BCUT2D eigenvalue weighted by molar-refractivity contribution is -0.115. The summed E-state index contributed by atoms with van der Waals surface area (Å²) in [5.41, 5.74) is 2.83. The van der Waals surface area contributed by atoms with E-state index >= 15 is 0 Å². The Hall–Kier alpha value is -4.57. The molecule has 0 spiro atoms. The number of anilines is 1. The molecule has 0 fully saturated rings. The van der Waals surface area contributed by atoms with Crippen LogP contribution in [0.1, 0.15) is 31.9 Å². The van der Waals surface area contributed by atoms with Crippen LogP contribution in [0.2, 0.25) is 0 Å². The van der Waals surface area contributed by atoms with E-state index in [0.29, 0.717) is 33.0 Å². The minimum atomic E-state index is -3.31. The van der Waals surface area contributed by atoms with Gasteiger partial charge in [-0.1, -0.05) is 18.2 Å². The van der Waals surface area contributed by atoms with Gasteiger partial charge in [-0.25, -0.2) is 14.0 Å². The molecule has 5 aromatic rings. The zero-order valence-corrected chi connectivity index (χ0v) is 23.5. The molecule has 1 amide bonds. The Bertz CT molecular complexity index is 1810. The van der Waals surface area contributed by atoms with Gasteiger partial charge in [0.1, 0.15) is 26.3 Å². The summed E-state index contributed by atoms with van der Waals surface area (Å²) in [6.45, 7) is 8.04. The highest BCUT2D eigenvalue weighted by atomic mass is 32.2. The minimum Gasteiger partial charge on any atom is -0.456 e. The summed E-state index contributed by atoms with van der Waals surface area (Å²) in [6.07, 6.45) is 6.83. The first kappa shape index (κ1) is 27.0. The van der Waals surface area contributed by atoms with Crippen LogP contribution in [0, 0.1) is 11.7 Å². The lowest BCUT2D eigenvalue weighted by Crippen LogP contribution is -2.22. The number of amides is 1. The maximum absolute atomic E-state index is 13.3. The van der Waals surface area contributed by atoms with Gasteiger partial charge >= 0.3 is 0 Å². The van der Waals surface area contributed by atoms with Crippen LogP contribution in [0.3, 0.4) is 0 Å². The van der Waals surface area contributed by atoms with Crippen molar-refractivity contribution in [3.63, 3.8) is 0 Å². The summed E-state index contributed by atoms with van der Waals surface area (Å²) >= 11 is 0. The number of hydrogen-bond acceptors (Lipinski definition) is 7. The minimum absolute atomic E-state index is 0.138. The summed E-state index contributed by atoms with van der Waals surface area (Å²) < 4.78 is 30.0. The van der Waals surface area contributed by atoms with Gasteiger partial charge in [-0.3, -0.25) is 14.5 Å². The van der Waals surface area contributed by atoms with E-state index in [1.807, 2.05) is 56.8 Å². The number of pyridine rings is 2. The molecule has 2 N–H and O–H groups in total. The first-order chi connectivity index (χ1) is 19.0. The quantitative estimate of drug-likeness (QED) is 0.242. The van der Waals surface area contributed by atoms with Gasteiger partial charge < -0.3 is 10.1 Å². The Morgan fingerprint density at radius 1 is 1.02 bits per heavy atom. The van der Waals surface area contributed by atoms with E-state index < -0.39 is 9.73 Å². The molecule has 0 saturated carbocycles. The van der Waals surface area contributed by atoms with Crippen molar-refractivity contribution in [1.82, 2.24) is 19.7 Å². The zero-order valence-electron chi connectivity index (χ0n) is 22.7. The van der Waals surface area contributed by atoms with Crippen molar-refractivity contribution in [2.75, 3.05) is 5.32 Å². The molecular weight excluding hydrogens is 524 g/mol. The number of carbonyl (C=O) groups is 1. The number of hydrogen-bond donors (Lipinski definition) is 2. The predicted octanol–water partition coefficient (Wildman–Crippen LogP) is 6.33. The van der Waals surface area contributed by atoms with Gasteiger partial charge in [-0.15, -0.1) is 0 Å². The van der Waals surface area contributed by atoms with Gasteiger partial charge in [0.2, 0.25) is 5.91 Å². The van der Waals surface area contributed by atoms with Crippen molar-refractivity contribution in [2.24, 2.45) is 0 Å². The molecular formula is C30H30N6O3S. The Kier molecular flexibility index (Phi) is 7.12. The second-order valence-electron chi connectivity index (χ2n) is 10.5. The van der Waals surface area contributed by atoms with E-state index in [2.05, 4.69) is 20.4 Å². The first-order valence-electron chi connectivity index (χ1n) is 12.7. The fourth-order valence-electron chi connectivity index (χ4n) is 4.21. The first-order valence-corrected chi connectivity index (χ1v) is 14.3. The van der Waals surface area contributed by atoms with Crippen molar-refractivity contribution in [2.45, 2.75) is 49.6 Å². The average molecular weight is 555 g/mol. The van der Waals surface area contributed by atoms with E-state index in [1.165, 1.54) is 6.20 Å². The molecule has 2 aromatic carbocycles. The molecule has 40 heavy (non-hydrogen) atoms. The number of carbonyl (C=O) groups excluding carboxylic acids is 1. The van der Waals surface area contributed by atoms with E-state index in [-0.39, 0.29) is 22.9 Å². The summed E-state index contributed by atoms with van der Waals surface area (Å²) in [6, 6.07) is 17.4. The zero-order chi connectivity index (χ0) is 28.5. The molecule has 0 aliphatic heterocycles. The molecule has 0 saturated heterocycles. The Balaban J connectivity index is 1.35. The molecule has 0 radical (unpaired) electrons. The van der Waals surface area contributed by atoms with Gasteiger partial charge in [-0.05, 0) is 81.3 Å². The SMILES string of the molecule is Cc1cc(CC(=O)Nc2cnn(C(C)(C)C)c2)ccc1Oc1ccnc2ccc([S@](=N)(=O)c3ccccn3)cc12. The number of benzene rings is 2. The number of rotatable bonds is 7. The molecule has 9 nitrogen and oxygen atoms in total. The lowest BCUT2D eigenvalue weighted by atomic mass is 10.1. The topological polar surface area (TPSA) is 123 Å². The summed E-state index contributed by atoms with van der Waals surface area (Å²) in [5.74, 6) is 0.999. The largest absolute Gasteiger partial charge is 0.456 e. The standard InChI is InChI=1S/C30H30N6O3S/c1-20-15-21(16-28(37)35-22-18-34-36(19-22)30(2,3)4)8-11-26(20)39-27-12-14-32-25-10-9-23(17-24(25)27)40(31,38)29-7-5-6-13-33-29/h5-15,17-19,31H,16H2,1-4H3,(H,35,37)/t40-/m0/s1. The third kappa shape index (κ3) is 5.72. The fraction of sp³-hybridized carbons (Fsp3) is 0.200. The summed E-state index contributed by atoms with van der Waals surface area (Å²) in [5, 5.41) is 8.05. The maximum Gasteiger partial charge on any atom is 0.228 e. The number of nitrogens with one attached hydrogen (secondary N) is 2. The molecule has 10 heteroatoms. The Morgan fingerprint density at radius 3 is 2.55 bits per heavy atom. The van der Waals surface area contributed by atoms with Crippen molar-refractivity contribution >= 4 is 32.2 Å². The second-order valence-corrected chi connectivity index (χ2v) is 12.5. The molecule has 0 bridgehead atoms. The smallest absolute Gasteiger partial charge is 0.228 e. The highest BCUT2D eigenvalue weighted by Gasteiger charge is 2.18. The van der Waals surface area contributed by atoms with Gasteiger partial charge in [0, 0.05) is 24.0 Å². The maximum atomic E-state index is 13.3. The summed E-state index contributed by atoms with van der Waals surface area (Å²) in [4.78, 5) is 21.5. The van der Waals surface area contributed by atoms with Crippen molar-refractivity contribution < 1.29 is 13.7 Å². The number of fused-ring (bicyclic) bond motifs is 1. The fourth-order valence-corrected chi connectivity index (χ4v) is 5.47. The van der Waals surface area contributed by atoms with Crippen LogP contribution in [0.25, 0.3) is 10.9 Å². The number of aromatic nitrogens is 4.